The van der Waals surface area contributed by atoms with Crippen LogP contribution in [0.4, 0.5) is 5.82 Å². The lowest BCUT2D eigenvalue weighted by Gasteiger charge is -2.14. The topological polar surface area (TPSA) is 116 Å². The molecule has 1 amide bonds. The second-order valence-corrected chi connectivity index (χ2v) is 5.89. The van der Waals surface area contributed by atoms with E-state index in [9.17, 15) is 14.7 Å². The summed E-state index contributed by atoms with van der Waals surface area (Å²) >= 11 is 0. The van der Waals surface area contributed by atoms with Gasteiger partial charge in [-0.1, -0.05) is 36.4 Å². The first kappa shape index (κ1) is 18.4. The van der Waals surface area contributed by atoms with Crippen molar-refractivity contribution in [3.05, 3.63) is 65.0 Å². The Morgan fingerprint density at radius 1 is 1.07 bits per heavy atom. The Kier molecular flexibility index (Phi) is 6.01. The highest BCUT2D eigenvalue weighted by Gasteiger charge is 2.10. The molecule has 0 aliphatic heterocycles. The average molecular weight is 368 g/mol. The second-order valence-electron chi connectivity index (χ2n) is 5.89. The lowest BCUT2D eigenvalue weighted by Crippen LogP contribution is -2.38. The first-order chi connectivity index (χ1) is 13.1. The minimum atomic E-state index is -0.835. The van der Waals surface area contributed by atoms with Crippen molar-refractivity contribution in [2.75, 3.05) is 25.0 Å². The Hall–Kier alpha value is -3.39. The standard InChI is InChI=1S/C19H20N4O4/c24-13(10-20-17(25)12-27-14-6-2-1-3-7-14)11-21-18-15-8-4-5-9-16(15)19(26)23-22-18/h1-9,13,24H,10-12H2,(H,20,25)(H,21,22)(H,23,26). The number of nitrogens with one attached hydrogen (secondary N) is 3. The van der Waals surface area contributed by atoms with E-state index in [1.54, 1.807) is 36.4 Å². The summed E-state index contributed by atoms with van der Waals surface area (Å²) in [6.07, 6.45) is -0.835. The van der Waals surface area contributed by atoms with Crippen molar-refractivity contribution in [3.8, 4) is 5.75 Å². The molecule has 2 aromatic carbocycles. The van der Waals surface area contributed by atoms with Crippen molar-refractivity contribution < 1.29 is 14.6 Å². The number of amides is 1. The summed E-state index contributed by atoms with van der Waals surface area (Å²) in [7, 11) is 0. The number of nitrogens with zero attached hydrogens (tertiary/aromatic N) is 1. The average Bonchev–Trinajstić information content (AvgIpc) is 2.71. The van der Waals surface area contributed by atoms with Gasteiger partial charge >= 0.3 is 0 Å². The lowest BCUT2D eigenvalue weighted by atomic mass is 10.2. The van der Waals surface area contributed by atoms with Gasteiger partial charge in [0.15, 0.2) is 12.4 Å². The largest absolute Gasteiger partial charge is 0.484 e. The third-order valence-electron chi connectivity index (χ3n) is 3.85. The Morgan fingerprint density at radius 3 is 2.56 bits per heavy atom. The molecule has 1 heterocycles. The molecule has 140 valence electrons. The molecule has 1 unspecified atom stereocenters. The maximum absolute atomic E-state index is 11.8. The van der Waals surface area contributed by atoms with E-state index in [4.69, 9.17) is 4.74 Å². The number of rotatable bonds is 8. The molecule has 3 rings (SSSR count). The highest BCUT2D eigenvalue weighted by Crippen LogP contribution is 2.16. The van der Waals surface area contributed by atoms with Gasteiger partial charge in [-0.25, -0.2) is 5.10 Å². The quantitative estimate of drug-likeness (QED) is 0.469. The number of hydrogen-bond donors (Lipinski definition) is 4. The summed E-state index contributed by atoms with van der Waals surface area (Å²) in [6, 6.07) is 16.0. The summed E-state index contributed by atoms with van der Waals surface area (Å²) in [5, 5.41) is 23.2. The van der Waals surface area contributed by atoms with Crippen LogP contribution in [-0.2, 0) is 4.79 Å². The van der Waals surface area contributed by atoms with Crippen LogP contribution in [-0.4, -0.2) is 47.0 Å². The van der Waals surface area contributed by atoms with Crippen molar-refractivity contribution in [3.63, 3.8) is 0 Å². The first-order valence-electron chi connectivity index (χ1n) is 8.47. The van der Waals surface area contributed by atoms with Crippen LogP contribution in [0.3, 0.4) is 0 Å². The Labute approximate surface area is 155 Å². The fourth-order valence-corrected chi connectivity index (χ4v) is 2.48. The van der Waals surface area contributed by atoms with Gasteiger partial charge in [-0.05, 0) is 18.2 Å². The van der Waals surface area contributed by atoms with Gasteiger partial charge in [-0.3, -0.25) is 9.59 Å². The molecular formula is C19H20N4O4. The van der Waals surface area contributed by atoms with E-state index >= 15 is 0 Å². The maximum atomic E-state index is 11.8. The Balaban J connectivity index is 1.46. The summed E-state index contributed by atoms with van der Waals surface area (Å²) < 4.78 is 5.34. The van der Waals surface area contributed by atoms with Crippen LogP contribution in [0, 0.1) is 0 Å². The van der Waals surface area contributed by atoms with Gasteiger partial charge in [-0.2, -0.15) is 5.10 Å². The van der Waals surface area contributed by atoms with Crippen molar-refractivity contribution in [2.24, 2.45) is 0 Å². The molecule has 0 bridgehead atoms. The number of anilines is 1. The number of hydrogen-bond acceptors (Lipinski definition) is 6. The van der Waals surface area contributed by atoms with Gasteiger partial charge in [0.05, 0.1) is 11.5 Å². The molecule has 8 nitrogen and oxygen atoms in total. The van der Waals surface area contributed by atoms with Gasteiger partial charge in [0, 0.05) is 18.5 Å². The van der Waals surface area contributed by atoms with Gasteiger partial charge in [0.1, 0.15) is 5.75 Å². The van der Waals surface area contributed by atoms with Gasteiger partial charge < -0.3 is 20.5 Å². The van der Waals surface area contributed by atoms with E-state index in [0.29, 0.717) is 22.3 Å². The van der Waals surface area contributed by atoms with E-state index in [0.717, 1.165) is 0 Å². The number of benzene rings is 2. The second kappa shape index (κ2) is 8.81. The number of aliphatic hydroxyl groups excluding tert-OH is 1. The molecular weight excluding hydrogens is 348 g/mol. The molecule has 0 radical (unpaired) electrons. The van der Waals surface area contributed by atoms with Crippen LogP contribution in [0.5, 0.6) is 5.75 Å². The predicted molar refractivity (Wildman–Crippen MR) is 102 cm³/mol. The highest BCUT2D eigenvalue weighted by atomic mass is 16.5. The van der Waals surface area contributed by atoms with E-state index in [1.807, 2.05) is 18.2 Å². The van der Waals surface area contributed by atoms with E-state index in [-0.39, 0.29) is 31.2 Å². The number of H-pyrrole nitrogens is 1. The van der Waals surface area contributed by atoms with E-state index in [1.165, 1.54) is 0 Å². The monoisotopic (exact) mass is 368 g/mol. The number of fused-ring (bicyclic) bond motifs is 1. The summed E-state index contributed by atoms with van der Waals surface area (Å²) in [5.41, 5.74) is -0.276. The number of ether oxygens (including phenoxy) is 1. The molecule has 8 heteroatoms. The molecule has 1 aromatic heterocycles. The van der Waals surface area contributed by atoms with Crippen molar-refractivity contribution in [1.82, 2.24) is 15.5 Å². The molecule has 0 aliphatic carbocycles. The summed E-state index contributed by atoms with van der Waals surface area (Å²) in [6.45, 7) is 0.0877. The van der Waals surface area contributed by atoms with Crippen LogP contribution in [0.15, 0.2) is 59.4 Å². The van der Waals surface area contributed by atoms with Crippen molar-refractivity contribution in [1.29, 1.82) is 0 Å². The third-order valence-corrected chi connectivity index (χ3v) is 3.85. The normalized spacial score (nSPS) is 11.7. The fourth-order valence-electron chi connectivity index (χ4n) is 2.48. The number of para-hydroxylation sites is 1. The number of carbonyl (C=O) groups excluding carboxylic acids is 1. The smallest absolute Gasteiger partial charge is 0.272 e. The van der Waals surface area contributed by atoms with Crippen LogP contribution < -0.4 is 20.9 Å². The lowest BCUT2D eigenvalue weighted by molar-refractivity contribution is -0.123. The molecule has 3 aromatic rings. The molecule has 0 fully saturated rings. The van der Waals surface area contributed by atoms with Gasteiger partial charge in [0.2, 0.25) is 0 Å². The Bertz CT molecular complexity index is 959. The minimum absolute atomic E-state index is 0.0608. The molecule has 0 saturated heterocycles. The zero-order valence-electron chi connectivity index (χ0n) is 14.5. The SMILES string of the molecule is O=C(COc1ccccc1)NCC(O)CNc1n[nH]c(=O)c2ccccc12. The first-order valence-corrected chi connectivity index (χ1v) is 8.47. The number of aliphatic hydroxyl groups is 1. The number of carbonyl (C=O) groups is 1. The zero-order chi connectivity index (χ0) is 19.1. The Morgan fingerprint density at radius 2 is 1.78 bits per heavy atom. The fraction of sp³-hybridized carbons (Fsp3) is 0.211. The highest BCUT2D eigenvalue weighted by molar-refractivity contribution is 5.90. The van der Waals surface area contributed by atoms with Crippen molar-refractivity contribution >= 4 is 22.5 Å². The van der Waals surface area contributed by atoms with Crippen molar-refractivity contribution in [2.45, 2.75) is 6.10 Å². The molecule has 0 aliphatic rings. The molecule has 27 heavy (non-hydrogen) atoms. The molecule has 0 saturated carbocycles. The molecule has 0 spiro atoms. The summed E-state index contributed by atoms with van der Waals surface area (Å²) in [5.74, 6) is 0.736. The number of aromatic nitrogens is 2. The van der Waals surface area contributed by atoms with Crippen LogP contribution in [0.25, 0.3) is 10.8 Å². The maximum Gasteiger partial charge on any atom is 0.272 e. The van der Waals surface area contributed by atoms with Crippen LogP contribution in [0.2, 0.25) is 0 Å². The van der Waals surface area contributed by atoms with Gasteiger partial charge in [-0.15, -0.1) is 0 Å². The summed E-state index contributed by atoms with van der Waals surface area (Å²) in [4.78, 5) is 23.5. The molecule has 4 N–H and O–H groups in total. The van der Waals surface area contributed by atoms with Gasteiger partial charge in [0.25, 0.3) is 11.5 Å². The minimum Gasteiger partial charge on any atom is -0.484 e. The third kappa shape index (κ3) is 5.05. The van der Waals surface area contributed by atoms with E-state index < -0.39 is 6.10 Å². The predicted octanol–water partition coefficient (Wildman–Crippen LogP) is 0.891. The zero-order valence-corrected chi connectivity index (χ0v) is 14.5. The van der Waals surface area contributed by atoms with Crippen LogP contribution >= 0.6 is 0 Å². The van der Waals surface area contributed by atoms with Crippen LogP contribution in [0.1, 0.15) is 0 Å². The molecule has 1 atom stereocenters. The number of aromatic amines is 1. The van der Waals surface area contributed by atoms with E-state index in [2.05, 4.69) is 20.8 Å².